The molecule has 1 aliphatic heterocycles. The van der Waals surface area contributed by atoms with Gasteiger partial charge < -0.3 is 15.1 Å². The summed E-state index contributed by atoms with van der Waals surface area (Å²) in [6.45, 7) is 12.2. The number of nitrogens with zero attached hydrogens (tertiary/aromatic N) is 5. The number of hydrogen-bond donors (Lipinski definition) is 1. The molecule has 6 heteroatoms. The van der Waals surface area contributed by atoms with Crippen molar-refractivity contribution in [2.24, 2.45) is 0 Å². The van der Waals surface area contributed by atoms with E-state index in [4.69, 9.17) is 4.98 Å². The van der Waals surface area contributed by atoms with Crippen LogP contribution in [0, 0.1) is 27.7 Å². The van der Waals surface area contributed by atoms with Crippen LogP contribution in [0.4, 0.5) is 23.1 Å². The Hall–Kier alpha value is -3.15. The van der Waals surface area contributed by atoms with Crippen LogP contribution < -0.4 is 15.1 Å². The number of nitrogens with one attached hydrogen (secondary N) is 1. The summed E-state index contributed by atoms with van der Waals surface area (Å²) in [6, 6.07) is 12.9. The molecule has 0 unspecified atom stereocenters. The molecule has 3 aromatic rings. The zero-order chi connectivity index (χ0) is 20.4. The van der Waals surface area contributed by atoms with E-state index in [2.05, 4.69) is 89.4 Å². The van der Waals surface area contributed by atoms with Crippen LogP contribution >= 0.6 is 0 Å². The summed E-state index contributed by atoms with van der Waals surface area (Å²) in [5.41, 5.74) is 7.47. The maximum atomic E-state index is 4.71. The third kappa shape index (κ3) is 4.16. The second-order valence-corrected chi connectivity index (χ2v) is 7.78. The summed E-state index contributed by atoms with van der Waals surface area (Å²) in [5.74, 6) is 1.40. The first-order valence-corrected chi connectivity index (χ1v) is 10.1. The number of aryl methyl sites for hydroxylation is 3. The van der Waals surface area contributed by atoms with Crippen molar-refractivity contribution in [3.63, 3.8) is 0 Å². The topological polar surface area (TPSA) is 57.2 Å². The highest BCUT2D eigenvalue weighted by atomic mass is 15.4. The molecular formula is C23H28N6. The van der Waals surface area contributed by atoms with Crippen molar-refractivity contribution in [2.45, 2.75) is 27.7 Å². The van der Waals surface area contributed by atoms with E-state index < -0.39 is 0 Å². The minimum Gasteiger partial charge on any atom is -0.368 e. The van der Waals surface area contributed by atoms with Gasteiger partial charge in [0.2, 0.25) is 5.95 Å². The number of hydrogen-bond acceptors (Lipinski definition) is 6. The molecular weight excluding hydrogens is 360 g/mol. The first kappa shape index (κ1) is 19.2. The lowest BCUT2D eigenvalue weighted by Crippen LogP contribution is -2.47. The maximum absolute atomic E-state index is 4.71. The molecule has 150 valence electrons. The van der Waals surface area contributed by atoms with E-state index >= 15 is 0 Å². The Morgan fingerprint density at radius 3 is 2.41 bits per heavy atom. The van der Waals surface area contributed by atoms with Crippen LogP contribution in [0.15, 0.2) is 42.6 Å². The molecule has 0 aliphatic carbocycles. The smallest absolute Gasteiger partial charge is 0.247 e. The van der Waals surface area contributed by atoms with Crippen molar-refractivity contribution in [3.8, 4) is 0 Å². The van der Waals surface area contributed by atoms with Crippen LogP contribution in [-0.4, -0.2) is 41.4 Å². The van der Waals surface area contributed by atoms with E-state index in [9.17, 15) is 0 Å². The fourth-order valence-electron chi connectivity index (χ4n) is 3.72. The molecule has 6 nitrogen and oxygen atoms in total. The van der Waals surface area contributed by atoms with Gasteiger partial charge in [0.15, 0.2) is 5.82 Å². The minimum absolute atomic E-state index is 0.681. The molecule has 0 bridgehead atoms. The SMILES string of the molecule is Cc1ccc(C)c(Nc2cnnc(N3CCN(c4cccc(C)c4C)CC3)n2)c1. The van der Waals surface area contributed by atoms with Crippen molar-refractivity contribution < 1.29 is 0 Å². The molecule has 0 spiro atoms. The summed E-state index contributed by atoms with van der Waals surface area (Å²) in [7, 11) is 0. The van der Waals surface area contributed by atoms with Gasteiger partial charge in [0.25, 0.3) is 0 Å². The summed E-state index contributed by atoms with van der Waals surface area (Å²) in [4.78, 5) is 9.37. The van der Waals surface area contributed by atoms with Crippen molar-refractivity contribution in [1.29, 1.82) is 0 Å². The normalized spacial score (nSPS) is 14.2. The lowest BCUT2D eigenvalue weighted by molar-refractivity contribution is 0.634. The summed E-state index contributed by atoms with van der Waals surface area (Å²) >= 11 is 0. The van der Waals surface area contributed by atoms with Crippen LogP contribution in [-0.2, 0) is 0 Å². The van der Waals surface area contributed by atoms with Gasteiger partial charge in [-0.15, -0.1) is 5.10 Å². The molecule has 1 aromatic heterocycles. The van der Waals surface area contributed by atoms with Gasteiger partial charge in [0.05, 0.1) is 6.20 Å². The standard InChI is InChI=1S/C23H28N6/c1-16-8-9-18(3)20(14-16)25-22-15-24-27-23(26-22)29-12-10-28(11-13-29)21-7-5-6-17(2)19(21)4/h5-9,14-15H,10-13H2,1-4H3,(H,25,26,27). The van der Waals surface area contributed by atoms with Crippen LogP contribution in [0.3, 0.4) is 0 Å². The third-order valence-electron chi connectivity index (χ3n) is 5.68. The van der Waals surface area contributed by atoms with Crippen molar-refractivity contribution in [1.82, 2.24) is 15.2 Å². The second-order valence-electron chi connectivity index (χ2n) is 7.78. The molecule has 0 atom stereocenters. The van der Waals surface area contributed by atoms with Crippen LogP contribution in [0.2, 0.25) is 0 Å². The molecule has 29 heavy (non-hydrogen) atoms. The maximum Gasteiger partial charge on any atom is 0.247 e. The van der Waals surface area contributed by atoms with Gasteiger partial charge in [-0.05, 0) is 62.1 Å². The predicted molar refractivity (Wildman–Crippen MR) is 119 cm³/mol. The lowest BCUT2D eigenvalue weighted by Gasteiger charge is -2.36. The van der Waals surface area contributed by atoms with E-state index in [0.717, 1.165) is 37.7 Å². The molecule has 2 heterocycles. The number of piperazine rings is 1. The Bertz CT molecular complexity index is 1010. The van der Waals surface area contributed by atoms with Gasteiger partial charge in [0.1, 0.15) is 0 Å². The fraction of sp³-hybridized carbons (Fsp3) is 0.348. The highest BCUT2D eigenvalue weighted by Gasteiger charge is 2.21. The molecule has 0 radical (unpaired) electrons. The van der Waals surface area contributed by atoms with Crippen molar-refractivity contribution in [3.05, 3.63) is 64.8 Å². The van der Waals surface area contributed by atoms with E-state index in [1.807, 2.05) is 0 Å². The molecule has 1 fully saturated rings. The quantitative estimate of drug-likeness (QED) is 0.724. The van der Waals surface area contributed by atoms with E-state index in [1.54, 1.807) is 6.20 Å². The second kappa shape index (κ2) is 8.07. The van der Waals surface area contributed by atoms with Gasteiger partial charge in [-0.2, -0.15) is 10.1 Å². The van der Waals surface area contributed by atoms with Crippen molar-refractivity contribution >= 4 is 23.1 Å². The Morgan fingerprint density at radius 2 is 1.62 bits per heavy atom. The summed E-state index contributed by atoms with van der Waals surface area (Å²) in [5, 5.41) is 11.9. The fourth-order valence-corrected chi connectivity index (χ4v) is 3.72. The molecule has 0 amide bonds. The largest absolute Gasteiger partial charge is 0.368 e. The van der Waals surface area contributed by atoms with Crippen LogP contribution in [0.1, 0.15) is 22.3 Å². The minimum atomic E-state index is 0.681. The highest BCUT2D eigenvalue weighted by molar-refractivity contribution is 5.61. The first-order chi connectivity index (χ1) is 14.0. The van der Waals surface area contributed by atoms with Gasteiger partial charge in [-0.25, -0.2) is 0 Å². The van der Waals surface area contributed by atoms with E-state index in [0.29, 0.717) is 5.95 Å². The van der Waals surface area contributed by atoms with Gasteiger partial charge in [0, 0.05) is 37.6 Å². The Kier molecular flexibility index (Phi) is 5.34. The Labute approximate surface area is 172 Å². The Balaban J connectivity index is 1.46. The molecule has 1 aliphatic rings. The zero-order valence-electron chi connectivity index (χ0n) is 17.6. The molecule has 4 rings (SSSR count). The third-order valence-corrected chi connectivity index (χ3v) is 5.68. The lowest BCUT2D eigenvalue weighted by atomic mass is 10.1. The average Bonchev–Trinajstić information content (AvgIpc) is 2.73. The summed E-state index contributed by atoms with van der Waals surface area (Å²) in [6.07, 6.45) is 1.68. The van der Waals surface area contributed by atoms with Gasteiger partial charge in [-0.1, -0.05) is 24.3 Å². The predicted octanol–water partition coefficient (Wildman–Crippen LogP) is 4.18. The number of aromatic nitrogens is 3. The summed E-state index contributed by atoms with van der Waals surface area (Å²) < 4.78 is 0. The number of benzene rings is 2. The molecule has 2 aromatic carbocycles. The van der Waals surface area contributed by atoms with E-state index in [1.165, 1.54) is 27.9 Å². The Morgan fingerprint density at radius 1 is 0.862 bits per heavy atom. The van der Waals surface area contributed by atoms with Gasteiger partial charge >= 0.3 is 0 Å². The monoisotopic (exact) mass is 388 g/mol. The van der Waals surface area contributed by atoms with Crippen LogP contribution in [0.25, 0.3) is 0 Å². The number of rotatable bonds is 4. The van der Waals surface area contributed by atoms with E-state index in [-0.39, 0.29) is 0 Å². The van der Waals surface area contributed by atoms with Gasteiger partial charge in [-0.3, -0.25) is 0 Å². The first-order valence-electron chi connectivity index (χ1n) is 10.1. The highest BCUT2D eigenvalue weighted by Crippen LogP contribution is 2.25. The molecule has 1 N–H and O–H groups in total. The zero-order valence-corrected chi connectivity index (χ0v) is 17.6. The average molecular weight is 389 g/mol. The van der Waals surface area contributed by atoms with Crippen LogP contribution in [0.5, 0.6) is 0 Å². The molecule has 1 saturated heterocycles. The number of anilines is 4. The molecule has 0 saturated carbocycles. The van der Waals surface area contributed by atoms with Crippen molar-refractivity contribution in [2.75, 3.05) is 41.3 Å².